The summed E-state index contributed by atoms with van der Waals surface area (Å²) in [5.41, 5.74) is 0. The Morgan fingerprint density at radius 1 is 1.00 bits per heavy atom. The molecule has 0 heterocycles. The fourth-order valence-corrected chi connectivity index (χ4v) is 3.26. The van der Waals surface area contributed by atoms with Crippen LogP contribution in [0.4, 0.5) is 0 Å². The number of carbonyl (C=O) groups excluding carboxylic acids is 1. The Bertz CT molecular complexity index is 402. The molecule has 6 heteroatoms. The fraction of sp³-hybridized carbons (Fsp3) is 0.857. The summed E-state index contributed by atoms with van der Waals surface area (Å²) in [4.78, 5) is 11.6. The van der Waals surface area contributed by atoms with E-state index in [0.29, 0.717) is 6.54 Å². The molecule has 160 valence electrons. The minimum absolute atomic E-state index is 0.109. The molecule has 0 aliphatic carbocycles. The summed E-state index contributed by atoms with van der Waals surface area (Å²) in [5.74, 6) is 0.109. The van der Waals surface area contributed by atoms with Crippen molar-refractivity contribution in [2.75, 3.05) is 13.2 Å². The van der Waals surface area contributed by atoms with Gasteiger partial charge in [0.25, 0.3) is 0 Å². The zero-order valence-corrected chi connectivity index (χ0v) is 18.2. The SMILES string of the molecule is CCCCCCCC/C=C\CCCCCCC(NCCOS(=O)O)C(C)=O. The molecule has 0 saturated carbocycles. The van der Waals surface area contributed by atoms with E-state index in [0.717, 1.165) is 25.7 Å². The summed E-state index contributed by atoms with van der Waals surface area (Å²) in [6, 6.07) is -0.182. The van der Waals surface area contributed by atoms with Crippen molar-refractivity contribution in [2.24, 2.45) is 0 Å². The van der Waals surface area contributed by atoms with Gasteiger partial charge in [-0.25, -0.2) is 0 Å². The predicted octanol–water partition coefficient (Wildman–Crippen LogP) is 5.33. The van der Waals surface area contributed by atoms with Crippen LogP contribution in [0.3, 0.4) is 0 Å². The molecule has 2 unspecified atom stereocenters. The second kappa shape index (κ2) is 20.2. The molecule has 0 amide bonds. The molecule has 2 N–H and O–H groups in total. The summed E-state index contributed by atoms with van der Waals surface area (Å²) in [6.45, 7) is 4.36. The van der Waals surface area contributed by atoms with Crippen molar-refractivity contribution in [1.82, 2.24) is 5.32 Å². The Labute approximate surface area is 169 Å². The van der Waals surface area contributed by atoms with Crippen LogP contribution in [0.1, 0.15) is 97.3 Å². The first kappa shape index (κ1) is 26.4. The minimum Gasteiger partial charge on any atom is -0.305 e. The Hall–Kier alpha value is -0.560. The van der Waals surface area contributed by atoms with Gasteiger partial charge in [-0.05, 0) is 39.0 Å². The van der Waals surface area contributed by atoms with E-state index in [1.165, 1.54) is 57.8 Å². The third-order valence-electron chi connectivity index (χ3n) is 4.67. The maximum atomic E-state index is 11.6. The lowest BCUT2D eigenvalue weighted by atomic mass is 10.0. The van der Waals surface area contributed by atoms with E-state index >= 15 is 0 Å². The molecule has 0 aliphatic rings. The van der Waals surface area contributed by atoms with Crippen LogP contribution < -0.4 is 5.32 Å². The number of hydrogen-bond donors (Lipinski definition) is 2. The summed E-state index contributed by atoms with van der Waals surface area (Å²) in [7, 11) is 0. The Kier molecular flexibility index (Phi) is 19.8. The van der Waals surface area contributed by atoms with Crippen molar-refractivity contribution >= 4 is 17.1 Å². The zero-order valence-electron chi connectivity index (χ0n) is 17.4. The largest absolute Gasteiger partial charge is 0.305 e. The number of ketones is 1. The van der Waals surface area contributed by atoms with Crippen molar-refractivity contribution in [3.05, 3.63) is 12.2 Å². The van der Waals surface area contributed by atoms with Gasteiger partial charge in [0.2, 0.25) is 0 Å². The van der Waals surface area contributed by atoms with Crippen molar-refractivity contribution in [1.29, 1.82) is 0 Å². The summed E-state index contributed by atoms with van der Waals surface area (Å²) >= 11 is -2.24. The highest BCUT2D eigenvalue weighted by atomic mass is 32.2. The lowest BCUT2D eigenvalue weighted by molar-refractivity contribution is -0.119. The van der Waals surface area contributed by atoms with Gasteiger partial charge < -0.3 is 5.32 Å². The first-order chi connectivity index (χ1) is 13.1. The van der Waals surface area contributed by atoms with Gasteiger partial charge >= 0.3 is 11.4 Å². The number of hydrogen-bond acceptors (Lipinski definition) is 4. The van der Waals surface area contributed by atoms with Gasteiger partial charge in [-0.15, -0.1) is 0 Å². The number of unbranched alkanes of at least 4 members (excludes halogenated alkanes) is 10. The van der Waals surface area contributed by atoms with Gasteiger partial charge in [0.1, 0.15) is 5.78 Å². The van der Waals surface area contributed by atoms with Gasteiger partial charge in [0.05, 0.1) is 12.6 Å². The first-order valence-corrected chi connectivity index (χ1v) is 11.7. The molecule has 0 radical (unpaired) electrons. The normalized spacial score (nSPS) is 13.9. The fourth-order valence-electron chi connectivity index (χ4n) is 3.04. The smallest absolute Gasteiger partial charge is 0.301 e. The van der Waals surface area contributed by atoms with Crippen LogP contribution in [0.15, 0.2) is 12.2 Å². The Balaban J connectivity index is 3.50. The molecule has 0 aromatic heterocycles. The highest BCUT2D eigenvalue weighted by Crippen LogP contribution is 2.10. The second-order valence-electron chi connectivity index (χ2n) is 7.18. The molecular formula is C21H41NO4S. The number of Topliss-reactive ketones (excluding diaryl/α,β-unsaturated/α-hetero) is 1. The average molecular weight is 404 g/mol. The number of nitrogens with one attached hydrogen (secondary N) is 1. The summed E-state index contributed by atoms with van der Waals surface area (Å²) < 4.78 is 23.5. The van der Waals surface area contributed by atoms with E-state index in [1.54, 1.807) is 6.92 Å². The van der Waals surface area contributed by atoms with E-state index < -0.39 is 11.4 Å². The van der Waals surface area contributed by atoms with Gasteiger partial charge in [-0.1, -0.05) is 70.4 Å². The number of rotatable bonds is 20. The molecular weight excluding hydrogens is 362 g/mol. The van der Waals surface area contributed by atoms with Crippen LogP contribution >= 0.6 is 0 Å². The maximum Gasteiger partial charge on any atom is 0.301 e. The van der Waals surface area contributed by atoms with Crippen LogP contribution in [0.25, 0.3) is 0 Å². The predicted molar refractivity (Wildman–Crippen MR) is 114 cm³/mol. The third-order valence-corrected chi connectivity index (χ3v) is 5.04. The van der Waals surface area contributed by atoms with Crippen molar-refractivity contribution in [3.63, 3.8) is 0 Å². The van der Waals surface area contributed by atoms with Crippen LogP contribution in [0, 0.1) is 0 Å². The topological polar surface area (TPSA) is 75.6 Å². The highest BCUT2D eigenvalue weighted by Gasteiger charge is 2.12. The lowest BCUT2D eigenvalue weighted by Gasteiger charge is -2.15. The molecule has 2 atom stereocenters. The molecule has 0 aromatic rings. The summed E-state index contributed by atoms with van der Waals surface area (Å²) in [6.07, 6.45) is 20.5. The van der Waals surface area contributed by atoms with E-state index in [9.17, 15) is 9.00 Å². The van der Waals surface area contributed by atoms with Gasteiger partial charge in [0, 0.05) is 6.54 Å². The number of allylic oxidation sites excluding steroid dienone is 2. The van der Waals surface area contributed by atoms with E-state index in [4.69, 9.17) is 4.55 Å². The summed E-state index contributed by atoms with van der Waals surface area (Å²) in [5, 5.41) is 3.09. The highest BCUT2D eigenvalue weighted by molar-refractivity contribution is 7.74. The molecule has 5 nitrogen and oxygen atoms in total. The monoisotopic (exact) mass is 403 g/mol. The molecule has 0 bridgehead atoms. The van der Waals surface area contributed by atoms with Crippen molar-refractivity contribution in [3.8, 4) is 0 Å². The Morgan fingerprint density at radius 2 is 1.56 bits per heavy atom. The first-order valence-electron chi connectivity index (χ1n) is 10.7. The average Bonchev–Trinajstić information content (AvgIpc) is 2.63. The maximum absolute atomic E-state index is 11.6. The van der Waals surface area contributed by atoms with E-state index in [2.05, 4.69) is 28.6 Å². The van der Waals surface area contributed by atoms with Crippen LogP contribution in [0.5, 0.6) is 0 Å². The molecule has 0 saturated heterocycles. The van der Waals surface area contributed by atoms with Gasteiger partial charge in [-0.2, -0.15) is 4.21 Å². The van der Waals surface area contributed by atoms with Crippen molar-refractivity contribution in [2.45, 2.75) is 103 Å². The number of carbonyl (C=O) groups is 1. The van der Waals surface area contributed by atoms with Crippen LogP contribution in [-0.2, 0) is 20.3 Å². The van der Waals surface area contributed by atoms with Crippen LogP contribution in [-0.4, -0.2) is 33.7 Å². The molecule has 0 fully saturated rings. The van der Waals surface area contributed by atoms with Crippen LogP contribution in [0.2, 0.25) is 0 Å². The van der Waals surface area contributed by atoms with E-state index in [-0.39, 0.29) is 18.4 Å². The van der Waals surface area contributed by atoms with E-state index in [1.807, 2.05) is 0 Å². The van der Waals surface area contributed by atoms with Gasteiger partial charge in [-0.3, -0.25) is 13.5 Å². The standard InChI is InChI=1S/C21H41NO4S/c1-3-4-5-6-7-8-9-10-11-12-13-14-15-16-17-21(20(2)23)22-18-19-26-27(24)25/h10-11,21-22H,3-9,12-19H2,1-2H3,(H,24,25)/b11-10-. The molecule has 0 rings (SSSR count). The lowest BCUT2D eigenvalue weighted by Crippen LogP contribution is -2.37. The quantitative estimate of drug-likeness (QED) is 0.163. The third kappa shape index (κ3) is 20.0. The zero-order chi connectivity index (χ0) is 20.2. The Morgan fingerprint density at radius 3 is 2.11 bits per heavy atom. The molecule has 0 aliphatic heterocycles. The van der Waals surface area contributed by atoms with Crippen molar-refractivity contribution < 1.29 is 17.7 Å². The minimum atomic E-state index is -2.24. The molecule has 27 heavy (non-hydrogen) atoms. The molecule has 0 aromatic carbocycles. The second-order valence-corrected chi connectivity index (χ2v) is 7.85. The van der Waals surface area contributed by atoms with Gasteiger partial charge in [0.15, 0.2) is 0 Å². The molecule has 0 spiro atoms.